The summed E-state index contributed by atoms with van der Waals surface area (Å²) in [5.41, 5.74) is -2.12. The van der Waals surface area contributed by atoms with E-state index in [4.69, 9.17) is 39.9 Å². The number of amides is 7. The second-order valence-corrected chi connectivity index (χ2v) is 50.0. The number of carbonyl (C=O) groups is 8. The second-order valence-electron chi connectivity index (χ2n) is 36.9. The molecule has 41 heteroatoms. The summed E-state index contributed by atoms with van der Waals surface area (Å²) in [6.07, 6.45) is 5.31. The average Bonchev–Trinajstić information content (AvgIpc) is 1.46. The summed E-state index contributed by atoms with van der Waals surface area (Å²) in [7, 11) is -26.9. The van der Waals surface area contributed by atoms with Gasteiger partial charge in [0, 0.05) is 66.7 Å². The van der Waals surface area contributed by atoms with Crippen molar-refractivity contribution in [3.8, 4) is 0 Å². The molecule has 712 valence electrons. The second kappa shape index (κ2) is 44.5. The van der Waals surface area contributed by atoms with Gasteiger partial charge in [-0.1, -0.05) is 235 Å². The molecule has 1 aliphatic carbocycles. The van der Waals surface area contributed by atoms with Gasteiger partial charge in [0.25, 0.3) is 70.2 Å². The molecule has 1 aliphatic heterocycles. The number of benzene rings is 8. The lowest BCUT2D eigenvalue weighted by Crippen LogP contribution is -2.38. The monoisotopic (exact) mass is 1990 g/mol. The van der Waals surface area contributed by atoms with Gasteiger partial charge in [-0.2, -0.15) is 0 Å². The number of fused-ring (bicyclic) bond motifs is 2. The summed E-state index contributed by atoms with van der Waals surface area (Å²) in [4.78, 5) is 94.9. The number of sulfonamides is 7. The highest BCUT2D eigenvalue weighted by Gasteiger charge is 2.35. The van der Waals surface area contributed by atoms with E-state index in [0.717, 1.165) is 66.5 Å². The highest BCUT2D eigenvalue weighted by atomic mass is 35.5. The van der Waals surface area contributed by atoms with Crippen LogP contribution in [0.15, 0.2) is 216 Å². The third kappa shape index (κ3) is 35.3. The number of carboxylic acids is 1. The number of carbonyl (C=O) groups excluding carboxylic acids is 7. The molecular formula is C89H115Cl3N8O23S7. The number of nitrogens with one attached hydrogen (secondary N) is 7. The highest BCUT2D eigenvalue weighted by Crippen LogP contribution is 2.30. The molecule has 0 atom stereocenters. The minimum Gasteiger partial charge on any atom is -0.478 e. The van der Waals surface area contributed by atoms with Crippen LogP contribution in [0.2, 0.25) is 15.1 Å². The molecule has 31 nitrogen and oxygen atoms in total. The minimum absolute atomic E-state index is 0.0134. The normalized spacial score (nSPS) is 13.2. The zero-order valence-corrected chi connectivity index (χ0v) is 84.1. The van der Waals surface area contributed by atoms with E-state index in [1.807, 2.05) is 49.2 Å². The fraction of sp³-hybridized carbons (Fsp3) is 0.393. The standard InChI is InChI=1S/C15H22N2O3S.C15H17NO3S.C14H19NO3S.C12H15NO5S.3C11H14ClNO3S/c1-15(2,3)14(18)16-21(19,20)13-8-6-12(7-9-13)17-10-4-5-11-17;1-15(2,3)14(17)16-20(18,19)13-9-8-11-6-4-5-7-12(11)10-13;1-14(2,3)13(16)15-19(17,18)12-8-7-10-5-4-6-11(10)9-12;1-12(2,3)11(16)13-19(17,18)9-6-4-8(5-7-9)10(14)15;1-11(2,3)10(14)13-17(15,16)9-6-4-8(12)5-7-9;1-11(2,3)10(14)13-17(15,16)9-6-4-5-8(12)7-9;1-11(2,3)10(14)13-17(15,16)9-7-5-4-6-8(9)12/h6-9H,4-5,10-11H2,1-3H3,(H,16,18);4-10H,1-3H3,(H,16,17);7-9H,4-6H2,1-3H3,(H,15,16);4-7H,1-3H3,(H,13,16)(H,14,15);3*4-7H,1-3H3,(H,13,14). The van der Waals surface area contributed by atoms with E-state index in [1.165, 1.54) is 91.2 Å². The maximum atomic E-state index is 12.2. The first-order chi connectivity index (χ1) is 59.0. The summed E-state index contributed by atoms with van der Waals surface area (Å²) >= 11 is 17.1. The van der Waals surface area contributed by atoms with E-state index >= 15 is 0 Å². The lowest BCUT2D eigenvalue weighted by Gasteiger charge is -2.19. The highest BCUT2D eigenvalue weighted by molar-refractivity contribution is 7.92. The van der Waals surface area contributed by atoms with Crippen LogP contribution >= 0.6 is 34.8 Å². The Morgan fingerprint density at radius 3 is 0.946 bits per heavy atom. The average molecular weight is 2000 g/mol. The molecule has 0 aromatic heterocycles. The molecule has 0 spiro atoms. The van der Waals surface area contributed by atoms with Crippen molar-refractivity contribution in [1.82, 2.24) is 33.1 Å². The third-order valence-corrected chi connectivity index (χ3v) is 28.5. The van der Waals surface area contributed by atoms with Gasteiger partial charge in [0.15, 0.2) is 0 Å². The van der Waals surface area contributed by atoms with Gasteiger partial charge in [0.1, 0.15) is 4.90 Å². The summed E-state index contributed by atoms with van der Waals surface area (Å²) in [6, 6.07) is 46.0. The molecule has 7 amide bonds. The molecule has 1 fully saturated rings. The SMILES string of the molecule is CC(C)(C)C(=O)NS(=O)(=O)c1ccc(C(=O)O)cc1.CC(C)(C)C(=O)NS(=O)(=O)c1ccc(Cl)cc1.CC(C)(C)C(=O)NS(=O)(=O)c1ccc(N2CCCC2)cc1.CC(C)(C)C(=O)NS(=O)(=O)c1ccc2c(c1)CCC2.CC(C)(C)C(=O)NS(=O)(=O)c1ccc2ccccc2c1.CC(C)(C)C(=O)NS(=O)(=O)c1cccc(Cl)c1.CC(C)(C)C(=O)NS(=O)(=O)c1ccccc1Cl. The van der Waals surface area contributed by atoms with E-state index in [1.54, 1.807) is 212 Å². The van der Waals surface area contributed by atoms with E-state index in [9.17, 15) is 97.3 Å². The van der Waals surface area contributed by atoms with Crippen molar-refractivity contribution in [2.75, 3.05) is 18.0 Å². The van der Waals surface area contributed by atoms with Gasteiger partial charge in [0.2, 0.25) is 41.4 Å². The van der Waals surface area contributed by atoms with Crippen LogP contribution in [0.4, 0.5) is 5.69 Å². The zero-order valence-electron chi connectivity index (χ0n) is 76.1. The van der Waals surface area contributed by atoms with Gasteiger partial charge < -0.3 is 10.0 Å². The number of hydrogen-bond acceptors (Lipinski definition) is 23. The van der Waals surface area contributed by atoms with Crippen LogP contribution in [0.3, 0.4) is 0 Å². The van der Waals surface area contributed by atoms with Crippen LogP contribution in [0.1, 0.15) is 186 Å². The number of nitrogens with zero attached hydrogens (tertiary/aromatic N) is 1. The van der Waals surface area contributed by atoms with Crippen LogP contribution in [0, 0.1) is 37.9 Å². The Morgan fingerprint density at radius 2 is 0.585 bits per heavy atom. The zero-order chi connectivity index (χ0) is 99.5. The number of hydrogen-bond donors (Lipinski definition) is 8. The van der Waals surface area contributed by atoms with E-state index in [-0.39, 0.29) is 44.9 Å². The fourth-order valence-corrected chi connectivity index (χ4v) is 19.1. The Balaban J connectivity index is 0.000000318. The number of rotatable bonds is 16. The summed E-state index contributed by atoms with van der Waals surface area (Å²) in [5.74, 6) is -4.98. The van der Waals surface area contributed by atoms with Crippen molar-refractivity contribution in [2.45, 2.75) is 212 Å². The Hall–Kier alpha value is -9.90. The third-order valence-electron chi connectivity index (χ3n) is 18.2. The Labute approximate surface area is 779 Å². The molecule has 0 radical (unpaired) electrons. The molecular weight excluding hydrogens is 1880 g/mol. The molecule has 1 heterocycles. The first kappa shape index (κ1) is 112. The molecule has 8 aromatic rings. The molecule has 2 aliphatic rings. The Bertz CT molecular complexity index is 6310. The largest absolute Gasteiger partial charge is 0.478 e. The van der Waals surface area contributed by atoms with Crippen molar-refractivity contribution >= 4 is 169 Å². The van der Waals surface area contributed by atoms with Gasteiger partial charge in [-0.25, -0.2) is 96.8 Å². The first-order valence-electron chi connectivity index (χ1n) is 40.1. The summed E-state index contributed by atoms with van der Waals surface area (Å²) in [5, 5.41) is 11.3. The first-order valence-corrected chi connectivity index (χ1v) is 51.6. The minimum atomic E-state index is -3.98. The smallest absolute Gasteiger partial charge is 0.335 e. The maximum absolute atomic E-state index is 12.2. The number of aryl methyl sites for hydroxylation is 2. The van der Waals surface area contributed by atoms with Gasteiger partial charge >= 0.3 is 5.97 Å². The van der Waals surface area contributed by atoms with Crippen molar-refractivity contribution in [3.05, 3.63) is 214 Å². The van der Waals surface area contributed by atoms with Crippen LogP contribution in [0.5, 0.6) is 0 Å². The van der Waals surface area contributed by atoms with Gasteiger partial charge in [-0.15, -0.1) is 0 Å². The number of anilines is 1. The van der Waals surface area contributed by atoms with Crippen molar-refractivity contribution < 1.29 is 102 Å². The van der Waals surface area contributed by atoms with E-state index in [2.05, 4.69) is 19.1 Å². The van der Waals surface area contributed by atoms with Gasteiger partial charge in [-0.3, -0.25) is 33.6 Å². The van der Waals surface area contributed by atoms with Gasteiger partial charge in [0.05, 0.1) is 40.0 Å². The molecule has 10 rings (SSSR count). The Kier molecular flexibility index (Phi) is 38.5. The van der Waals surface area contributed by atoms with E-state index in [0.29, 0.717) is 10.0 Å². The quantitative estimate of drug-likeness (QED) is 0.0445. The van der Waals surface area contributed by atoms with E-state index < -0.39 is 155 Å². The fourth-order valence-electron chi connectivity index (χ4n) is 9.88. The molecule has 130 heavy (non-hydrogen) atoms. The lowest BCUT2D eigenvalue weighted by atomic mass is 9.96. The predicted octanol–water partition coefficient (Wildman–Crippen LogP) is 14.7. The number of halogens is 3. The topological polar surface area (TPSA) is 483 Å². The van der Waals surface area contributed by atoms with Crippen LogP contribution in [-0.4, -0.2) is 124 Å². The molecule has 8 N–H and O–H groups in total. The molecule has 1 saturated heterocycles. The molecule has 8 aromatic carbocycles. The molecule has 0 bridgehead atoms. The predicted molar refractivity (Wildman–Crippen MR) is 502 cm³/mol. The van der Waals surface area contributed by atoms with Crippen molar-refractivity contribution in [3.63, 3.8) is 0 Å². The van der Waals surface area contributed by atoms with Gasteiger partial charge in [-0.05, 0) is 181 Å². The maximum Gasteiger partial charge on any atom is 0.335 e. The van der Waals surface area contributed by atoms with Crippen molar-refractivity contribution in [2.24, 2.45) is 37.9 Å². The van der Waals surface area contributed by atoms with Crippen LogP contribution in [-0.2, 0) is 117 Å². The molecule has 0 unspecified atom stereocenters. The lowest BCUT2D eigenvalue weighted by molar-refractivity contribution is -0.127. The summed E-state index contributed by atoms with van der Waals surface area (Å²) < 4.78 is 182. The number of carboxylic acid groups (broad SMARTS) is 1. The Morgan fingerprint density at radius 1 is 0.285 bits per heavy atom. The summed E-state index contributed by atoms with van der Waals surface area (Å²) in [6.45, 7) is 36.6. The van der Waals surface area contributed by atoms with Crippen molar-refractivity contribution in [1.29, 1.82) is 0 Å². The molecule has 0 saturated carbocycles. The van der Waals surface area contributed by atoms with Crippen LogP contribution < -0.4 is 38.0 Å². The van der Waals surface area contributed by atoms with Crippen LogP contribution in [0.25, 0.3) is 10.8 Å². The number of aromatic carboxylic acids is 1.